The number of fused-ring (bicyclic) bond motifs is 1. The molecule has 2 aliphatic rings. The molecule has 0 aliphatic carbocycles. The molecule has 3 heterocycles. The minimum Gasteiger partial charge on any atom is -0.444 e. The molecule has 0 saturated carbocycles. The van der Waals surface area contributed by atoms with Crippen LogP contribution < -0.4 is 5.32 Å². The van der Waals surface area contributed by atoms with Gasteiger partial charge in [-0.1, -0.05) is 0 Å². The van der Waals surface area contributed by atoms with Gasteiger partial charge in [0, 0.05) is 19.2 Å². The van der Waals surface area contributed by atoms with E-state index < -0.39 is 5.60 Å². The summed E-state index contributed by atoms with van der Waals surface area (Å²) in [6.07, 6.45) is 0.412. The maximum Gasteiger partial charge on any atom is 0.410 e. The number of ether oxygens (including phenoxy) is 2. The van der Waals surface area contributed by atoms with Crippen molar-refractivity contribution < 1.29 is 19.1 Å². The third-order valence-electron chi connectivity index (χ3n) is 4.00. The Hall–Kier alpha value is -2.09. The molecule has 0 radical (unpaired) electrons. The third-order valence-corrected chi connectivity index (χ3v) is 4.00. The average molecular weight is 336 g/mol. The lowest BCUT2D eigenvalue weighted by molar-refractivity contribution is -0.119. The number of nitrogens with one attached hydrogen (secondary N) is 1. The van der Waals surface area contributed by atoms with Crippen LogP contribution in [0.4, 0.5) is 10.6 Å². The van der Waals surface area contributed by atoms with Gasteiger partial charge in [0.25, 0.3) is 0 Å². The maximum absolute atomic E-state index is 12.2. The van der Waals surface area contributed by atoms with Gasteiger partial charge in [0.15, 0.2) is 5.82 Å². The first-order valence-electron chi connectivity index (χ1n) is 8.25. The number of hydrogen-bond acceptors (Lipinski definition) is 5. The SMILES string of the molecule is CC(C)(C)OC(=O)N1CCn2nc(NC(=O)C3CCOC3)cc2C1. The fourth-order valence-corrected chi connectivity index (χ4v) is 2.78. The third kappa shape index (κ3) is 3.87. The predicted octanol–water partition coefficient (Wildman–Crippen LogP) is 1.61. The van der Waals surface area contributed by atoms with Gasteiger partial charge < -0.3 is 19.7 Å². The molecule has 3 rings (SSSR count). The first kappa shape index (κ1) is 16.8. The first-order valence-corrected chi connectivity index (χ1v) is 8.25. The van der Waals surface area contributed by atoms with Crippen molar-refractivity contribution in [2.75, 3.05) is 25.1 Å². The van der Waals surface area contributed by atoms with Crippen LogP contribution >= 0.6 is 0 Å². The van der Waals surface area contributed by atoms with Crippen LogP contribution in [0, 0.1) is 5.92 Å². The van der Waals surface area contributed by atoms with Crippen LogP contribution in [0.3, 0.4) is 0 Å². The monoisotopic (exact) mass is 336 g/mol. The summed E-state index contributed by atoms with van der Waals surface area (Å²) in [6.45, 7) is 8.17. The van der Waals surface area contributed by atoms with Gasteiger partial charge in [0.05, 0.1) is 31.3 Å². The van der Waals surface area contributed by atoms with E-state index in [2.05, 4.69) is 10.4 Å². The number of carbonyl (C=O) groups excluding carboxylic acids is 2. The molecular weight excluding hydrogens is 312 g/mol. The first-order chi connectivity index (χ1) is 11.3. The molecule has 2 amide bonds. The lowest BCUT2D eigenvalue weighted by atomic mass is 10.1. The Kier molecular flexibility index (Phi) is 4.49. The molecule has 8 heteroatoms. The molecule has 0 spiro atoms. The van der Waals surface area contributed by atoms with E-state index >= 15 is 0 Å². The van der Waals surface area contributed by atoms with Gasteiger partial charge in [-0.05, 0) is 27.2 Å². The molecule has 1 saturated heterocycles. The maximum atomic E-state index is 12.2. The number of nitrogens with zero attached hydrogens (tertiary/aromatic N) is 3. The number of hydrogen-bond donors (Lipinski definition) is 1. The van der Waals surface area contributed by atoms with E-state index in [0.29, 0.717) is 38.7 Å². The van der Waals surface area contributed by atoms with E-state index in [1.807, 2.05) is 31.5 Å². The molecule has 1 atom stereocenters. The van der Waals surface area contributed by atoms with Crippen LogP contribution in [0.5, 0.6) is 0 Å². The zero-order chi connectivity index (χ0) is 17.3. The highest BCUT2D eigenvalue weighted by Gasteiger charge is 2.28. The van der Waals surface area contributed by atoms with E-state index in [1.165, 1.54) is 0 Å². The molecule has 0 bridgehead atoms. The van der Waals surface area contributed by atoms with Gasteiger partial charge in [0.1, 0.15) is 5.60 Å². The number of carbonyl (C=O) groups is 2. The Morgan fingerprint density at radius 2 is 2.17 bits per heavy atom. The molecule has 8 nitrogen and oxygen atoms in total. The smallest absolute Gasteiger partial charge is 0.410 e. The second-order valence-corrected chi connectivity index (χ2v) is 7.20. The van der Waals surface area contributed by atoms with Crippen molar-refractivity contribution in [3.05, 3.63) is 11.8 Å². The Morgan fingerprint density at radius 1 is 1.38 bits per heavy atom. The summed E-state index contributed by atoms with van der Waals surface area (Å²) in [5.74, 6) is 0.349. The molecule has 132 valence electrons. The predicted molar refractivity (Wildman–Crippen MR) is 86.4 cm³/mol. The van der Waals surface area contributed by atoms with Crippen LogP contribution in [-0.2, 0) is 27.4 Å². The molecule has 24 heavy (non-hydrogen) atoms. The summed E-state index contributed by atoms with van der Waals surface area (Å²) in [5, 5.41) is 7.23. The number of rotatable bonds is 2. The fourth-order valence-electron chi connectivity index (χ4n) is 2.78. The van der Waals surface area contributed by atoms with Gasteiger partial charge in [-0.3, -0.25) is 9.48 Å². The van der Waals surface area contributed by atoms with Crippen LogP contribution in [-0.4, -0.2) is 52.0 Å². The lowest BCUT2D eigenvalue weighted by Crippen LogP contribution is -2.41. The van der Waals surface area contributed by atoms with Crippen molar-refractivity contribution in [2.24, 2.45) is 5.92 Å². The number of aromatic nitrogens is 2. The zero-order valence-electron chi connectivity index (χ0n) is 14.4. The van der Waals surface area contributed by atoms with Crippen molar-refractivity contribution in [2.45, 2.75) is 45.9 Å². The molecule has 1 aromatic rings. The summed E-state index contributed by atoms with van der Waals surface area (Å²) in [6, 6.07) is 1.81. The average Bonchev–Trinajstić information content (AvgIpc) is 3.13. The van der Waals surface area contributed by atoms with Crippen LogP contribution in [0.25, 0.3) is 0 Å². The van der Waals surface area contributed by atoms with Crippen LogP contribution in [0.2, 0.25) is 0 Å². The topological polar surface area (TPSA) is 85.7 Å². The van der Waals surface area contributed by atoms with E-state index in [-0.39, 0.29) is 17.9 Å². The van der Waals surface area contributed by atoms with Gasteiger partial charge in [-0.2, -0.15) is 5.10 Å². The lowest BCUT2D eigenvalue weighted by Gasteiger charge is -2.30. The minimum absolute atomic E-state index is 0.0630. The molecule has 2 aliphatic heterocycles. The second-order valence-electron chi connectivity index (χ2n) is 7.20. The summed E-state index contributed by atoms with van der Waals surface area (Å²) in [7, 11) is 0. The summed E-state index contributed by atoms with van der Waals surface area (Å²) < 4.78 is 12.5. The largest absolute Gasteiger partial charge is 0.444 e. The van der Waals surface area contributed by atoms with Crippen molar-refractivity contribution >= 4 is 17.8 Å². The highest BCUT2D eigenvalue weighted by molar-refractivity contribution is 5.92. The molecular formula is C16H24N4O4. The van der Waals surface area contributed by atoms with Gasteiger partial charge in [0.2, 0.25) is 5.91 Å². The van der Waals surface area contributed by atoms with Crippen molar-refractivity contribution in [1.29, 1.82) is 0 Å². The molecule has 1 N–H and O–H groups in total. The highest BCUT2D eigenvalue weighted by atomic mass is 16.6. The Balaban J connectivity index is 1.62. The zero-order valence-corrected chi connectivity index (χ0v) is 14.4. The van der Waals surface area contributed by atoms with E-state index in [1.54, 1.807) is 4.90 Å². The molecule has 1 aromatic heterocycles. The second kappa shape index (κ2) is 6.43. The van der Waals surface area contributed by atoms with Gasteiger partial charge in [-0.15, -0.1) is 0 Å². The number of amides is 2. The number of anilines is 1. The summed E-state index contributed by atoms with van der Waals surface area (Å²) in [4.78, 5) is 26.0. The van der Waals surface area contributed by atoms with E-state index in [9.17, 15) is 9.59 Å². The quantitative estimate of drug-likeness (QED) is 0.887. The van der Waals surface area contributed by atoms with Gasteiger partial charge >= 0.3 is 6.09 Å². The van der Waals surface area contributed by atoms with Crippen LogP contribution in [0.15, 0.2) is 6.07 Å². The Bertz CT molecular complexity index is 629. The van der Waals surface area contributed by atoms with Gasteiger partial charge in [-0.25, -0.2) is 4.79 Å². The fraction of sp³-hybridized carbons (Fsp3) is 0.688. The normalized spacial score (nSPS) is 20.6. The van der Waals surface area contributed by atoms with E-state index in [0.717, 1.165) is 12.1 Å². The van der Waals surface area contributed by atoms with Crippen molar-refractivity contribution in [1.82, 2.24) is 14.7 Å². The summed E-state index contributed by atoms with van der Waals surface area (Å²) >= 11 is 0. The van der Waals surface area contributed by atoms with Crippen LogP contribution in [0.1, 0.15) is 32.9 Å². The molecule has 1 unspecified atom stereocenters. The van der Waals surface area contributed by atoms with E-state index in [4.69, 9.17) is 9.47 Å². The highest BCUT2D eigenvalue weighted by Crippen LogP contribution is 2.20. The molecule has 1 fully saturated rings. The Labute approximate surface area is 141 Å². The minimum atomic E-state index is -0.517. The molecule has 0 aromatic carbocycles. The Morgan fingerprint density at radius 3 is 2.83 bits per heavy atom. The summed E-state index contributed by atoms with van der Waals surface area (Å²) in [5.41, 5.74) is 0.363. The van der Waals surface area contributed by atoms with Crippen molar-refractivity contribution in [3.63, 3.8) is 0 Å². The van der Waals surface area contributed by atoms with Crippen molar-refractivity contribution in [3.8, 4) is 0 Å². The standard InChI is InChI=1S/C16H24N4O4/c1-16(2,3)24-15(22)19-5-6-20-12(9-19)8-13(18-20)17-14(21)11-4-7-23-10-11/h8,11H,4-7,9-10H2,1-3H3,(H,17,18,21).